The third-order valence-electron chi connectivity index (χ3n) is 2.02. The Bertz CT molecular complexity index is 521. The second kappa shape index (κ2) is 6.79. The molecule has 0 spiro atoms. The second-order valence-corrected chi connectivity index (χ2v) is 4.14. The Morgan fingerprint density at radius 2 is 2.33 bits per heavy atom. The summed E-state index contributed by atoms with van der Waals surface area (Å²) < 4.78 is 5.87. The van der Waals surface area contributed by atoms with E-state index in [0.717, 1.165) is 0 Å². The van der Waals surface area contributed by atoms with Gasteiger partial charge < -0.3 is 15.6 Å². The standard InChI is InChI=1S/C12H11BrN2O3/c13-11-6-10(18-4-3-16)2-1-8(11)5-9(7-14)12(15)17/h1-2,5-6,16H,3-4H2,(H2,15,17). The fourth-order valence-electron chi connectivity index (χ4n) is 1.19. The smallest absolute Gasteiger partial charge is 0.259 e. The van der Waals surface area contributed by atoms with Gasteiger partial charge in [-0.25, -0.2) is 0 Å². The number of aliphatic hydroxyl groups excluding tert-OH is 1. The highest BCUT2D eigenvalue weighted by atomic mass is 79.9. The van der Waals surface area contributed by atoms with E-state index >= 15 is 0 Å². The summed E-state index contributed by atoms with van der Waals surface area (Å²) in [5, 5.41) is 17.4. The second-order valence-electron chi connectivity index (χ2n) is 3.29. The fraction of sp³-hybridized carbons (Fsp3) is 0.167. The van der Waals surface area contributed by atoms with Crippen LogP contribution in [0.5, 0.6) is 5.75 Å². The molecule has 0 aliphatic rings. The maximum atomic E-state index is 10.9. The molecule has 0 atom stereocenters. The van der Waals surface area contributed by atoms with Gasteiger partial charge in [-0.1, -0.05) is 22.0 Å². The number of nitrogens with two attached hydrogens (primary N) is 1. The van der Waals surface area contributed by atoms with E-state index in [9.17, 15) is 4.79 Å². The first-order chi connectivity index (χ1) is 8.58. The molecule has 0 aliphatic heterocycles. The number of aliphatic hydroxyl groups is 1. The van der Waals surface area contributed by atoms with Crippen LogP contribution in [0.15, 0.2) is 28.2 Å². The molecule has 1 aromatic carbocycles. The minimum atomic E-state index is -0.773. The predicted octanol–water partition coefficient (Wildman–Crippen LogP) is 1.21. The molecule has 0 aromatic heterocycles. The van der Waals surface area contributed by atoms with Crippen LogP contribution in [-0.2, 0) is 4.79 Å². The highest BCUT2D eigenvalue weighted by Crippen LogP contribution is 2.25. The highest BCUT2D eigenvalue weighted by molar-refractivity contribution is 9.10. The normalized spacial score (nSPS) is 10.8. The maximum absolute atomic E-state index is 10.9. The maximum Gasteiger partial charge on any atom is 0.259 e. The number of nitriles is 1. The van der Waals surface area contributed by atoms with E-state index in [1.807, 2.05) is 0 Å². The first-order valence-electron chi connectivity index (χ1n) is 5.03. The number of nitrogens with zero attached hydrogens (tertiary/aromatic N) is 1. The van der Waals surface area contributed by atoms with Gasteiger partial charge in [0.15, 0.2) is 0 Å². The van der Waals surface area contributed by atoms with Crippen molar-refractivity contribution in [3.8, 4) is 11.8 Å². The Morgan fingerprint density at radius 1 is 1.61 bits per heavy atom. The lowest BCUT2D eigenvalue weighted by Gasteiger charge is -2.06. The summed E-state index contributed by atoms with van der Waals surface area (Å²) in [7, 11) is 0. The number of halogens is 1. The molecule has 3 N–H and O–H groups in total. The molecule has 6 heteroatoms. The minimum absolute atomic E-state index is 0.0699. The van der Waals surface area contributed by atoms with Gasteiger partial charge in [-0.2, -0.15) is 5.26 Å². The Labute approximate surface area is 113 Å². The third kappa shape index (κ3) is 3.87. The van der Waals surface area contributed by atoms with Crippen molar-refractivity contribution in [3.63, 3.8) is 0 Å². The molecule has 0 saturated carbocycles. The Morgan fingerprint density at radius 3 is 2.83 bits per heavy atom. The third-order valence-corrected chi connectivity index (χ3v) is 2.70. The molecule has 0 aliphatic carbocycles. The summed E-state index contributed by atoms with van der Waals surface area (Å²) >= 11 is 3.30. The minimum Gasteiger partial charge on any atom is -0.491 e. The van der Waals surface area contributed by atoms with E-state index in [1.165, 1.54) is 6.08 Å². The molecule has 0 bridgehead atoms. The summed E-state index contributed by atoms with van der Waals surface area (Å²) in [6, 6.07) is 6.75. The Balaban J connectivity index is 2.99. The molecule has 18 heavy (non-hydrogen) atoms. The zero-order chi connectivity index (χ0) is 13.5. The van der Waals surface area contributed by atoms with Gasteiger partial charge in [0.25, 0.3) is 5.91 Å². The van der Waals surface area contributed by atoms with Gasteiger partial charge >= 0.3 is 0 Å². The molecule has 1 aromatic rings. The monoisotopic (exact) mass is 310 g/mol. The Hall–Kier alpha value is -1.84. The number of carbonyl (C=O) groups excluding carboxylic acids is 1. The van der Waals surface area contributed by atoms with Gasteiger partial charge in [-0.15, -0.1) is 0 Å². The summed E-state index contributed by atoms with van der Waals surface area (Å²) in [5.74, 6) is -0.198. The number of benzene rings is 1. The van der Waals surface area contributed by atoms with Gasteiger partial charge in [0.1, 0.15) is 24.0 Å². The van der Waals surface area contributed by atoms with Crippen LogP contribution in [0.3, 0.4) is 0 Å². The van der Waals surface area contributed by atoms with E-state index in [2.05, 4.69) is 15.9 Å². The topological polar surface area (TPSA) is 96.3 Å². The number of rotatable bonds is 5. The summed E-state index contributed by atoms with van der Waals surface area (Å²) in [6.07, 6.45) is 1.39. The molecular weight excluding hydrogens is 300 g/mol. The molecule has 0 saturated heterocycles. The van der Waals surface area contributed by atoms with Gasteiger partial charge in [0, 0.05) is 4.47 Å². The van der Waals surface area contributed by atoms with Crippen molar-refractivity contribution in [1.82, 2.24) is 0 Å². The van der Waals surface area contributed by atoms with Gasteiger partial charge in [0.05, 0.1) is 6.61 Å². The summed E-state index contributed by atoms with van der Waals surface area (Å²) in [5.41, 5.74) is 5.56. The van der Waals surface area contributed by atoms with Crippen LogP contribution >= 0.6 is 15.9 Å². The van der Waals surface area contributed by atoms with Gasteiger partial charge in [0.2, 0.25) is 0 Å². The van der Waals surface area contributed by atoms with Crippen LogP contribution in [0.2, 0.25) is 0 Å². The summed E-state index contributed by atoms with van der Waals surface area (Å²) in [4.78, 5) is 10.9. The van der Waals surface area contributed by atoms with E-state index in [0.29, 0.717) is 15.8 Å². The van der Waals surface area contributed by atoms with Crippen molar-refractivity contribution in [2.24, 2.45) is 5.73 Å². The van der Waals surface area contributed by atoms with Crippen LogP contribution < -0.4 is 10.5 Å². The van der Waals surface area contributed by atoms with Crippen molar-refractivity contribution in [2.45, 2.75) is 0 Å². The van der Waals surface area contributed by atoms with Crippen LogP contribution in [0.4, 0.5) is 0 Å². The molecule has 1 amide bonds. The molecule has 0 fully saturated rings. The average molecular weight is 311 g/mol. The summed E-state index contributed by atoms with van der Waals surface area (Å²) in [6.45, 7) is 0.131. The molecule has 0 unspecified atom stereocenters. The molecule has 5 nitrogen and oxygen atoms in total. The number of hydrogen-bond donors (Lipinski definition) is 2. The average Bonchev–Trinajstić information content (AvgIpc) is 2.34. The number of primary amides is 1. The molecule has 0 heterocycles. The number of amides is 1. The van der Waals surface area contributed by atoms with Crippen molar-refractivity contribution in [2.75, 3.05) is 13.2 Å². The predicted molar refractivity (Wildman–Crippen MR) is 69.5 cm³/mol. The number of ether oxygens (including phenoxy) is 1. The molecule has 0 radical (unpaired) electrons. The fourth-order valence-corrected chi connectivity index (χ4v) is 1.66. The lowest BCUT2D eigenvalue weighted by Crippen LogP contribution is -2.12. The van der Waals surface area contributed by atoms with Crippen LogP contribution in [0, 0.1) is 11.3 Å². The molecule has 94 valence electrons. The van der Waals surface area contributed by atoms with E-state index in [-0.39, 0.29) is 18.8 Å². The Kier molecular flexibility index (Phi) is 5.36. The zero-order valence-corrected chi connectivity index (χ0v) is 11.0. The van der Waals surface area contributed by atoms with Crippen molar-refractivity contribution < 1.29 is 14.6 Å². The van der Waals surface area contributed by atoms with E-state index in [4.69, 9.17) is 20.8 Å². The zero-order valence-electron chi connectivity index (χ0n) is 9.39. The van der Waals surface area contributed by atoms with Crippen LogP contribution in [-0.4, -0.2) is 24.2 Å². The first-order valence-corrected chi connectivity index (χ1v) is 5.82. The van der Waals surface area contributed by atoms with Gasteiger partial charge in [-0.3, -0.25) is 4.79 Å². The van der Waals surface area contributed by atoms with E-state index < -0.39 is 5.91 Å². The van der Waals surface area contributed by atoms with Crippen molar-refractivity contribution >= 4 is 27.9 Å². The largest absolute Gasteiger partial charge is 0.491 e. The van der Waals surface area contributed by atoms with Gasteiger partial charge in [-0.05, 0) is 23.8 Å². The SMILES string of the molecule is N#CC(=Cc1ccc(OCCO)cc1Br)C(N)=O. The lowest BCUT2D eigenvalue weighted by molar-refractivity contribution is -0.114. The first kappa shape index (κ1) is 14.2. The van der Waals surface area contributed by atoms with Crippen molar-refractivity contribution in [1.29, 1.82) is 5.26 Å². The molecular formula is C12H11BrN2O3. The van der Waals surface area contributed by atoms with Crippen LogP contribution in [0.1, 0.15) is 5.56 Å². The number of hydrogen-bond acceptors (Lipinski definition) is 4. The highest BCUT2D eigenvalue weighted by Gasteiger charge is 2.06. The number of carbonyl (C=O) groups is 1. The van der Waals surface area contributed by atoms with Crippen molar-refractivity contribution in [3.05, 3.63) is 33.8 Å². The van der Waals surface area contributed by atoms with Crippen LogP contribution in [0.25, 0.3) is 6.08 Å². The lowest BCUT2D eigenvalue weighted by atomic mass is 10.1. The quantitative estimate of drug-likeness (QED) is 0.631. The van der Waals surface area contributed by atoms with E-state index in [1.54, 1.807) is 24.3 Å². The molecule has 1 rings (SSSR count).